The van der Waals surface area contributed by atoms with Gasteiger partial charge in [-0.2, -0.15) is 0 Å². The van der Waals surface area contributed by atoms with Crippen molar-refractivity contribution < 1.29 is 8.78 Å². The third-order valence-corrected chi connectivity index (χ3v) is 2.92. The standard InChI is InChI=1S/C12H16F2N2/c13-12(14)10-3-1-2-9(6-10)7-16-5-4-11(15)8-16/h1-3,6,11-12H,4-5,7-8,15H2. The van der Waals surface area contributed by atoms with Gasteiger partial charge in [-0.3, -0.25) is 4.90 Å². The molecule has 0 radical (unpaired) electrons. The van der Waals surface area contributed by atoms with E-state index < -0.39 is 6.43 Å². The Morgan fingerprint density at radius 2 is 2.25 bits per heavy atom. The summed E-state index contributed by atoms with van der Waals surface area (Å²) in [4.78, 5) is 2.20. The molecule has 0 saturated carbocycles. The van der Waals surface area contributed by atoms with Crippen LogP contribution in [0.15, 0.2) is 24.3 Å². The van der Waals surface area contributed by atoms with Crippen LogP contribution in [-0.2, 0) is 6.54 Å². The van der Waals surface area contributed by atoms with E-state index in [1.165, 1.54) is 6.07 Å². The number of nitrogens with zero attached hydrogens (tertiary/aromatic N) is 1. The van der Waals surface area contributed by atoms with E-state index in [0.29, 0.717) is 6.54 Å². The Labute approximate surface area is 94.0 Å². The Bertz CT molecular complexity index is 355. The van der Waals surface area contributed by atoms with Crippen LogP contribution in [0.4, 0.5) is 8.78 Å². The van der Waals surface area contributed by atoms with Crippen molar-refractivity contribution in [1.82, 2.24) is 4.90 Å². The lowest BCUT2D eigenvalue weighted by atomic mass is 10.1. The van der Waals surface area contributed by atoms with Crippen molar-refractivity contribution in [3.05, 3.63) is 35.4 Å². The fourth-order valence-corrected chi connectivity index (χ4v) is 2.09. The molecule has 2 nitrogen and oxygen atoms in total. The van der Waals surface area contributed by atoms with E-state index in [-0.39, 0.29) is 11.6 Å². The van der Waals surface area contributed by atoms with E-state index in [1.54, 1.807) is 12.1 Å². The highest BCUT2D eigenvalue weighted by Crippen LogP contribution is 2.20. The van der Waals surface area contributed by atoms with Gasteiger partial charge in [-0.05, 0) is 18.1 Å². The molecule has 1 saturated heterocycles. The lowest BCUT2D eigenvalue weighted by molar-refractivity contribution is 0.151. The van der Waals surface area contributed by atoms with Gasteiger partial charge in [0.05, 0.1) is 0 Å². The number of benzene rings is 1. The van der Waals surface area contributed by atoms with Crippen LogP contribution in [0.2, 0.25) is 0 Å². The normalized spacial score (nSPS) is 21.9. The average molecular weight is 226 g/mol. The Balaban J connectivity index is 2.01. The molecule has 1 heterocycles. The first-order valence-electron chi connectivity index (χ1n) is 5.50. The molecule has 88 valence electrons. The van der Waals surface area contributed by atoms with Crippen molar-refractivity contribution in [2.24, 2.45) is 5.73 Å². The fourth-order valence-electron chi connectivity index (χ4n) is 2.09. The summed E-state index contributed by atoms with van der Waals surface area (Å²) in [5.74, 6) is 0. The first-order chi connectivity index (χ1) is 7.65. The Hall–Kier alpha value is -1.00. The molecule has 0 bridgehead atoms. The van der Waals surface area contributed by atoms with Gasteiger partial charge in [0.15, 0.2) is 0 Å². The molecular formula is C12H16F2N2. The molecular weight excluding hydrogens is 210 g/mol. The van der Waals surface area contributed by atoms with Crippen molar-refractivity contribution in [1.29, 1.82) is 0 Å². The predicted molar refractivity (Wildman–Crippen MR) is 59.3 cm³/mol. The highest BCUT2D eigenvalue weighted by atomic mass is 19.3. The van der Waals surface area contributed by atoms with Crippen LogP contribution in [0.5, 0.6) is 0 Å². The molecule has 0 spiro atoms. The van der Waals surface area contributed by atoms with Gasteiger partial charge in [0.2, 0.25) is 0 Å². The molecule has 1 aliphatic rings. The molecule has 1 aromatic carbocycles. The van der Waals surface area contributed by atoms with Crippen LogP contribution in [0.1, 0.15) is 24.0 Å². The van der Waals surface area contributed by atoms with Crippen LogP contribution < -0.4 is 5.73 Å². The van der Waals surface area contributed by atoms with Crippen molar-refractivity contribution in [3.63, 3.8) is 0 Å². The summed E-state index contributed by atoms with van der Waals surface area (Å²) < 4.78 is 25.0. The summed E-state index contributed by atoms with van der Waals surface area (Å²) in [5.41, 5.74) is 6.83. The van der Waals surface area contributed by atoms with Gasteiger partial charge < -0.3 is 5.73 Å². The third-order valence-electron chi connectivity index (χ3n) is 2.92. The zero-order valence-corrected chi connectivity index (χ0v) is 9.07. The van der Waals surface area contributed by atoms with E-state index in [4.69, 9.17) is 5.73 Å². The second-order valence-corrected chi connectivity index (χ2v) is 4.33. The van der Waals surface area contributed by atoms with Gasteiger partial charge >= 0.3 is 0 Å². The molecule has 16 heavy (non-hydrogen) atoms. The van der Waals surface area contributed by atoms with Gasteiger partial charge in [0.25, 0.3) is 6.43 Å². The maximum Gasteiger partial charge on any atom is 0.263 e. The van der Waals surface area contributed by atoms with E-state index >= 15 is 0 Å². The number of likely N-dealkylation sites (tertiary alicyclic amines) is 1. The quantitative estimate of drug-likeness (QED) is 0.855. The van der Waals surface area contributed by atoms with Crippen LogP contribution in [0.25, 0.3) is 0 Å². The maximum atomic E-state index is 12.5. The number of nitrogens with two attached hydrogens (primary N) is 1. The summed E-state index contributed by atoms with van der Waals surface area (Å²) in [7, 11) is 0. The topological polar surface area (TPSA) is 29.3 Å². The lowest BCUT2D eigenvalue weighted by Gasteiger charge is -2.15. The summed E-state index contributed by atoms with van der Waals surface area (Å²) in [6.07, 6.45) is -1.39. The minimum absolute atomic E-state index is 0.0981. The zero-order chi connectivity index (χ0) is 11.5. The molecule has 4 heteroatoms. The summed E-state index contributed by atoms with van der Waals surface area (Å²) >= 11 is 0. The van der Waals surface area contributed by atoms with Gasteiger partial charge in [0, 0.05) is 31.2 Å². The van der Waals surface area contributed by atoms with E-state index in [0.717, 1.165) is 25.1 Å². The number of hydrogen-bond acceptors (Lipinski definition) is 2. The molecule has 2 rings (SSSR count). The fraction of sp³-hybridized carbons (Fsp3) is 0.500. The predicted octanol–water partition coefficient (Wildman–Crippen LogP) is 2.16. The van der Waals surface area contributed by atoms with Crippen LogP contribution in [0.3, 0.4) is 0 Å². The summed E-state index contributed by atoms with van der Waals surface area (Å²) in [6.45, 7) is 2.53. The highest BCUT2D eigenvalue weighted by molar-refractivity contribution is 5.24. The van der Waals surface area contributed by atoms with E-state index in [9.17, 15) is 8.78 Å². The largest absolute Gasteiger partial charge is 0.326 e. The van der Waals surface area contributed by atoms with Crippen molar-refractivity contribution in [2.45, 2.75) is 25.4 Å². The molecule has 1 fully saturated rings. The van der Waals surface area contributed by atoms with Gasteiger partial charge in [0.1, 0.15) is 0 Å². The van der Waals surface area contributed by atoms with Crippen molar-refractivity contribution >= 4 is 0 Å². The first kappa shape index (κ1) is 11.5. The van der Waals surface area contributed by atoms with Crippen LogP contribution in [-0.4, -0.2) is 24.0 Å². The van der Waals surface area contributed by atoms with Crippen molar-refractivity contribution in [2.75, 3.05) is 13.1 Å². The zero-order valence-electron chi connectivity index (χ0n) is 9.07. The number of alkyl halides is 2. The lowest BCUT2D eigenvalue weighted by Crippen LogP contribution is -2.26. The van der Waals surface area contributed by atoms with Gasteiger partial charge in [-0.25, -0.2) is 8.78 Å². The van der Waals surface area contributed by atoms with Gasteiger partial charge in [-0.15, -0.1) is 0 Å². The third kappa shape index (κ3) is 2.77. The summed E-state index contributed by atoms with van der Waals surface area (Å²) in [6, 6.07) is 6.85. The van der Waals surface area contributed by atoms with Gasteiger partial charge in [-0.1, -0.05) is 18.2 Å². The molecule has 0 aliphatic carbocycles. The second kappa shape index (κ2) is 4.89. The number of rotatable bonds is 3. The molecule has 1 unspecified atom stereocenters. The Morgan fingerprint density at radius 1 is 1.44 bits per heavy atom. The SMILES string of the molecule is NC1CCN(Cc2cccc(C(F)F)c2)C1. The highest BCUT2D eigenvalue weighted by Gasteiger charge is 2.19. The maximum absolute atomic E-state index is 12.5. The van der Waals surface area contributed by atoms with Crippen LogP contribution in [0, 0.1) is 0 Å². The molecule has 0 amide bonds. The minimum Gasteiger partial charge on any atom is -0.326 e. The Kier molecular flexibility index (Phi) is 3.51. The molecule has 1 aliphatic heterocycles. The molecule has 1 atom stereocenters. The second-order valence-electron chi connectivity index (χ2n) is 4.33. The van der Waals surface area contributed by atoms with Crippen LogP contribution >= 0.6 is 0 Å². The molecule has 1 aromatic rings. The first-order valence-corrected chi connectivity index (χ1v) is 5.50. The van der Waals surface area contributed by atoms with E-state index in [2.05, 4.69) is 4.90 Å². The van der Waals surface area contributed by atoms with E-state index in [1.807, 2.05) is 6.07 Å². The monoisotopic (exact) mass is 226 g/mol. The number of hydrogen-bond donors (Lipinski definition) is 1. The number of halogens is 2. The molecule has 0 aromatic heterocycles. The molecule has 2 N–H and O–H groups in total. The smallest absolute Gasteiger partial charge is 0.263 e. The minimum atomic E-state index is -2.39. The van der Waals surface area contributed by atoms with Crippen molar-refractivity contribution in [3.8, 4) is 0 Å². The Morgan fingerprint density at radius 3 is 2.88 bits per heavy atom. The average Bonchev–Trinajstić information content (AvgIpc) is 2.64. The summed E-state index contributed by atoms with van der Waals surface area (Å²) in [5, 5.41) is 0.